The number of hydrogen-bond acceptors (Lipinski definition) is 5. The summed E-state index contributed by atoms with van der Waals surface area (Å²) in [6.45, 7) is 5.10. The van der Waals surface area contributed by atoms with E-state index in [1.165, 1.54) is 0 Å². The molecular formula is C19H25NO4. The number of phenolic OH excluding ortho intramolecular Hbond substituents is 1. The van der Waals surface area contributed by atoms with E-state index in [0.717, 1.165) is 56.2 Å². The van der Waals surface area contributed by atoms with Gasteiger partial charge in [0.25, 0.3) is 0 Å². The van der Waals surface area contributed by atoms with Gasteiger partial charge in [-0.25, -0.2) is 0 Å². The molecule has 3 rings (SSSR count). The molecule has 1 saturated heterocycles. The fraction of sp³-hybridized carbons (Fsp3) is 0.474. The van der Waals surface area contributed by atoms with Gasteiger partial charge < -0.3 is 19.0 Å². The van der Waals surface area contributed by atoms with Crippen LogP contribution in [0.5, 0.6) is 11.5 Å². The summed E-state index contributed by atoms with van der Waals surface area (Å²) in [6, 6.07) is 9.54. The molecule has 1 N–H and O–H groups in total. The van der Waals surface area contributed by atoms with E-state index >= 15 is 0 Å². The lowest BCUT2D eigenvalue weighted by atomic mass is 10.1. The van der Waals surface area contributed by atoms with Crippen LogP contribution in [0, 0.1) is 6.92 Å². The number of benzene rings is 1. The second-order valence-corrected chi connectivity index (χ2v) is 6.32. The highest BCUT2D eigenvalue weighted by molar-refractivity contribution is 5.41. The topological polar surface area (TPSA) is 55.1 Å². The Balaban J connectivity index is 1.71. The summed E-state index contributed by atoms with van der Waals surface area (Å²) in [7, 11) is 1.55. The number of ether oxygens (including phenoxy) is 2. The molecule has 5 heteroatoms. The van der Waals surface area contributed by atoms with Gasteiger partial charge in [-0.15, -0.1) is 0 Å². The summed E-state index contributed by atoms with van der Waals surface area (Å²) < 4.78 is 16.6. The summed E-state index contributed by atoms with van der Waals surface area (Å²) in [5.74, 6) is 2.53. The van der Waals surface area contributed by atoms with E-state index in [1.54, 1.807) is 19.2 Å². The van der Waals surface area contributed by atoms with Crippen molar-refractivity contribution >= 4 is 0 Å². The normalized spacial score (nSPS) is 17.5. The Bertz CT molecular complexity index is 661. The lowest BCUT2D eigenvalue weighted by Crippen LogP contribution is -2.31. The molecule has 1 aromatic heterocycles. The molecule has 1 atom stereocenters. The maximum atomic E-state index is 9.99. The molecular weight excluding hydrogens is 306 g/mol. The Kier molecular flexibility index (Phi) is 5.43. The average Bonchev–Trinajstić information content (AvgIpc) is 3.19. The molecule has 0 radical (unpaired) electrons. The van der Waals surface area contributed by atoms with Crippen molar-refractivity contribution < 1.29 is 19.0 Å². The van der Waals surface area contributed by atoms with Crippen LogP contribution in [-0.4, -0.2) is 36.4 Å². The molecule has 1 fully saturated rings. The maximum Gasteiger partial charge on any atom is 0.160 e. The van der Waals surface area contributed by atoms with Crippen LogP contribution in [0.4, 0.5) is 0 Å². The lowest BCUT2D eigenvalue weighted by molar-refractivity contribution is 0.0654. The van der Waals surface area contributed by atoms with Crippen molar-refractivity contribution in [3.63, 3.8) is 0 Å². The second-order valence-electron chi connectivity index (χ2n) is 6.32. The number of phenols is 1. The van der Waals surface area contributed by atoms with Crippen molar-refractivity contribution in [2.45, 2.75) is 39.0 Å². The van der Waals surface area contributed by atoms with E-state index in [1.807, 2.05) is 25.1 Å². The summed E-state index contributed by atoms with van der Waals surface area (Å²) >= 11 is 0. The first kappa shape index (κ1) is 16.9. The Labute approximate surface area is 142 Å². The minimum absolute atomic E-state index is 0.168. The number of furan rings is 1. The number of aromatic hydroxyl groups is 1. The predicted molar refractivity (Wildman–Crippen MR) is 91.2 cm³/mol. The number of methoxy groups -OCH3 is 1. The molecule has 0 aliphatic carbocycles. The third-order valence-electron chi connectivity index (χ3n) is 4.31. The first-order valence-corrected chi connectivity index (χ1v) is 8.39. The van der Waals surface area contributed by atoms with Crippen LogP contribution >= 0.6 is 0 Å². The van der Waals surface area contributed by atoms with Crippen LogP contribution in [0.25, 0.3) is 0 Å². The highest BCUT2D eigenvalue weighted by Gasteiger charge is 2.20. The van der Waals surface area contributed by atoms with Gasteiger partial charge in [0.1, 0.15) is 11.5 Å². The van der Waals surface area contributed by atoms with Gasteiger partial charge in [-0.3, -0.25) is 4.90 Å². The van der Waals surface area contributed by atoms with Gasteiger partial charge in [-0.1, -0.05) is 6.07 Å². The zero-order valence-electron chi connectivity index (χ0n) is 14.3. The van der Waals surface area contributed by atoms with E-state index in [2.05, 4.69) is 4.90 Å². The molecule has 2 heterocycles. The molecule has 0 bridgehead atoms. The standard InChI is InChI=1S/C19H25NO4/c1-14-5-7-17(24-14)13-20(12-16-4-3-9-23-16)11-15-6-8-19(22-2)18(21)10-15/h5-8,10,16,21H,3-4,9,11-13H2,1-2H3/t16-/m1/s1. The van der Waals surface area contributed by atoms with Crippen LogP contribution in [0.2, 0.25) is 0 Å². The lowest BCUT2D eigenvalue weighted by Gasteiger charge is -2.24. The van der Waals surface area contributed by atoms with E-state index in [4.69, 9.17) is 13.9 Å². The molecule has 1 aliphatic rings. The summed E-state index contributed by atoms with van der Waals surface area (Å²) in [5.41, 5.74) is 1.04. The first-order chi connectivity index (χ1) is 11.6. The molecule has 5 nitrogen and oxygen atoms in total. The Morgan fingerprint density at radius 2 is 2.12 bits per heavy atom. The highest BCUT2D eigenvalue weighted by Crippen LogP contribution is 2.27. The van der Waals surface area contributed by atoms with Crippen LogP contribution < -0.4 is 4.74 Å². The Hall–Kier alpha value is -1.98. The molecule has 0 amide bonds. The van der Waals surface area contributed by atoms with Crippen LogP contribution in [0.3, 0.4) is 0 Å². The highest BCUT2D eigenvalue weighted by atomic mass is 16.5. The van der Waals surface area contributed by atoms with Gasteiger partial charge in [-0.2, -0.15) is 0 Å². The molecule has 0 unspecified atom stereocenters. The van der Waals surface area contributed by atoms with Gasteiger partial charge in [0, 0.05) is 19.7 Å². The van der Waals surface area contributed by atoms with Crippen molar-refractivity contribution in [3.8, 4) is 11.5 Å². The van der Waals surface area contributed by atoms with E-state index in [0.29, 0.717) is 5.75 Å². The smallest absolute Gasteiger partial charge is 0.160 e. The SMILES string of the molecule is COc1ccc(CN(Cc2ccc(C)o2)C[C@H]2CCCO2)cc1O. The van der Waals surface area contributed by atoms with Gasteiger partial charge in [-0.05, 0) is 49.6 Å². The third kappa shape index (κ3) is 4.30. The Morgan fingerprint density at radius 1 is 1.25 bits per heavy atom. The molecule has 24 heavy (non-hydrogen) atoms. The number of hydrogen-bond donors (Lipinski definition) is 1. The minimum atomic E-state index is 0.168. The quantitative estimate of drug-likeness (QED) is 0.842. The fourth-order valence-electron chi connectivity index (χ4n) is 3.14. The monoisotopic (exact) mass is 331 g/mol. The molecule has 0 saturated carbocycles. The first-order valence-electron chi connectivity index (χ1n) is 8.39. The molecule has 130 valence electrons. The summed E-state index contributed by atoms with van der Waals surface area (Å²) in [5, 5.41) is 9.99. The van der Waals surface area contributed by atoms with Crippen molar-refractivity contribution in [2.75, 3.05) is 20.3 Å². The van der Waals surface area contributed by atoms with Crippen LogP contribution in [0.15, 0.2) is 34.7 Å². The third-order valence-corrected chi connectivity index (χ3v) is 4.31. The summed E-state index contributed by atoms with van der Waals surface area (Å²) in [6.07, 6.45) is 2.50. The second kappa shape index (κ2) is 7.73. The van der Waals surface area contributed by atoms with Gasteiger partial charge in [0.2, 0.25) is 0 Å². The van der Waals surface area contributed by atoms with Gasteiger partial charge in [0.05, 0.1) is 19.8 Å². The van der Waals surface area contributed by atoms with Gasteiger partial charge >= 0.3 is 0 Å². The Morgan fingerprint density at radius 3 is 2.75 bits per heavy atom. The minimum Gasteiger partial charge on any atom is -0.504 e. The van der Waals surface area contributed by atoms with Crippen molar-refractivity contribution in [1.82, 2.24) is 4.90 Å². The van der Waals surface area contributed by atoms with E-state index in [-0.39, 0.29) is 11.9 Å². The molecule has 1 aliphatic heterocycles. The van der Waals surface area contributed by atoms with E-state index in [9.17, 15) is 5.11 Å². The van der Waals surface area contributed by atoms with Crippen molar-refractivity contribution in [1.29, 1.82) is 0 Å². The van der Waals surface area contributed by atoms with E-state index < -0.39 is 0 Å². The molecule has 1 aromatic carbocycles. The van der Waals surface area contributed by atoms with Crippen molar-refractivity contribution in [2.24, 2.45) is 0 Å². The van der Waals surface area contributed by atoms with Crippen LogP contribution in [-0.2, 0) is 17.8 Å². The maximum absolute atomic E-state index is 9.99. The van der Waals surface area contributed by atoms with Crippen molar-refractivity contribution in [3.05, 3.63) is 47.4 Å². The molecule has 2 aromatic rings. The zero-order chi connectivity index (χ0) is 16.9. The average molecular weight is 331 g/mol. The number of nitrogens with zero attached hydrogens (tertiary/aromatic N) is 1. The number of rotatable bonds is 7. The van der Waals surface area contributed by atoms with Crippen LogP contribution in [0.1, 0.15) is 29.9 Å². The number of aryl methyl sites for hydroxylation is 1. The summed E-state index contributed by atoms with van der Waals surface area (Å²) in [4.78, 5) is 2.30. The predicted octanol–water partition coefficient (Wildman–Crippen LogP) is 3.48. The largest absolute Gasteiger partial charge is 0.504 e. The fourth-order valence-corrected chi connectivity index (χ4v) is 3.14. The van der Waals surface area contributed by atoms with Gasteiger partial charge in [0.15, 0.2) is 11.5 Å². The zero-order valence-corrected chi connectivity index (χ0v) is 14.3. The molecule has 0 spiro atoms.